The molecule has 0 radical (unpaired) electrons. The van der Waals surface area contributed by atoms with Crippen LogP contribution in [0, 0.1) is 5.82 Å². The summed E-state index contributed by atoms with van der Waals surface area (Å²) in [6.07, 6.45) is 5.53. The average Bonchev–Trinajstić information content (AvgIpc) is 2.78. The molecule has 0 spiro atoms. The second kappa shape index (κ2) is 6.96. The zero-order chi connectivity index (χ0) is 17.1. The highest BCUT2D eigenvalue weighted by Crippen LogP contribution is 2.27. The number of rotatable bonds is 3. The van der Waals surface area contributed by atoms with Crippen LogP contribution in [0.3, 0.4) is 0 Å². The molecule has 2 aromatic heterocycles. The lowest BCUT2D eigenvalue weighted by Crippen LogP contribution is -2.29. The minimum atomic E-state index is -0.477. The van der Waals surface area contributed by atoms with Gasteiger partial charge in [-0.25, -0.2) is 9.37 Å². The summed E-state index contributed by atoms with van der Waals surface area (Å²) < 4.78 is 14.7. The minimum Gasteiger partial charge on any atom is -0.355 e. The van der Waals surface area contributed by atoms with Crippen molar-refractivity contribution in [2.75, 3.05) is 23.3 Å². The molecule has 1 atom stereocenters. The first-order chi connectivity index (χ1) is 11.5. The number of hydrogen-bond donors (Lipinski definition) is 2. The molecular weight excluding hydrogens is 311 g/mol. The molecule has 0 bridgehead atoms. The summed E-state index contributed by atoms with van der Waals surface area (Å²) in [4.78, 5) is 18.3. The fourth-order valence-electron chi connectivity index (χ4n) is 2.92. The third-order valence-electron chi connectivity index (χ3n) is 4.19. The van der Waals surface area contributed by atoms with Crippen LogP contribution < -0.4 is 16.0 Å². The number of aryl methyl sites for hydroxylation is 1. The van der Waals surface area contributed by atoms with Crippen molar-refractivity contribution in [1.29, 1.82) is 0 Å². The molecule has 24 heavy (non-hydrogen) atoms. The lowest BCUT2D eigenvalue weighted by molar-refractivity contribution is 0.102. The van der Waals surface area contributed by atoms with E-state index >= 15 is 0 Å². The molecule has 0 saturated carbocycles. The number of carbonyl (C=O) groups is 1. The normalized spacial score (nSPS) is 18.3. The second-order valence-electron chi connectivity index (χ2n) is 6.00. The molecule has 128 valence electrons. The van der Waals surface area contributed by atoms with Gasteiger partial charge in [-0.2, -0.15) is 5.10 Å². The van der Waals surface area contributed by atoms with E-state index in [-0.39, 0.29) is 11.7 Å². The largest absolute Gasteiger partial charge is 0.355 e. The zero-order valence-corrected chi connectivity index (χ0v) is 13.6. The van der Waals surface area contributed by atoms with Crippen molar-refractivity contribution in [1.82, 2.24) is 14.8 Å². The summed E-state index contributed by atoms with van der Waals surface area (Å²) in [5, 5.41) is 7.07. The Kier molecular flexibility index (Phi) is 4.75. The monoisotopic (exact) mass is 332 g/mol. The van der Waals surface area contributed by atoms with Gasteiger partial charge >= 0.3 is 0 Å². The minimum absolute atomic E-state index is 0.157. The number of nitrogens with two attached hydrogens (primary N) is 1. The van der Waals surface area contributed by atoms with E-state index in [1.165, 1.54) is 12.1 Å². The van der Waals surface area contributed by atoms with Crippen LogP contribution in [0.4, 0.5) is 15.9 Å². The molecule has 0 aromatic carbocycles. The van der Waals surface area contributed by atoms with Crippen LogP contribution in [0.25, 0.3) is 0 Å². The Morgan fingerprint density at radius 3 is 2.92 bits per heavy atom. The van der Waals surface area contributed by atoms with E-state index in [0.717, 1.165) is 44.4 Å². The number of anilines is 2. The molecule has 7 nitrogen and oxygen atoms in total. The van der Waals surface area contributed by atoms with Gasteiger partial charge in [-0.15, -0.1) is 0 Å². The predicted molar refractivity (Wildman–Crippen MR) is 89.4 cm³/mol. The van der Waals surface area contributed by atoms with E-state index in [1.807, 2.05) is 7.05 Å². The first-order valence-electron chi connectivity index (χ1n) is 8.00. The summed E-state index contributed by atoms with van der Waals surface area (Å²) in [6, 6.07) is 2.78. The highest BCUT2D eigenvalue weighted by molar-refractivity contribution is 6.04. The van der Waals surface area contributed by atoms with E-state index in [0.29, 0.717) is 5.69 Å². The molecule has 2 aromatic rings. The highest BCUT2D eigenvalue weighted by Gasteiger charge is 2.21. The quantitative estimate of drug-likeness (QED) is 0.890. The van der Waals surface area contributed by atoms with Crippen LogP contribution in [0.5, 0.6) is 0 Å². The van der Waals surface area contributed by atoms with Crippen molar-refractivity contribution in [3.05, 3.63) is 36.0 Å². The number of aromatic nitrogens is 3. The summed E-state index contributed by atoms with van der Waals surface area (Å²) in [5.74, 6) is -0.0233. The standard InChI is InChI=1S/C16H21FN6O/c1-22-16(23-7-2-3-12(18)6-8-23)14(10-20-22)21-15(24)13-5-4-11(17)9-19-13/h4-5,9-10,12H,2-3,6-8,18H2,1H3,(H,21,24). The fourth-order valence-corrected chi connectivity index (χ4v) is 2.92. The van der Waals surface area contributed by atoms with Crippen LogP contribution in [0.15, 0.2) is 24.5 Å². The van der Waals surface area contributed by atoms with Crippen molar-refractivity contribution >= 4 is 17.4 Å². The van der Waals surface area contributed by atoms with E-state index < -0.39 is 11.7 Å². The number of hydrogen-bond acceptors (Lipinski definition) is 5. The first kappa shape index (κ1) is 16.4. The van der Waals surface area contributed by atoms with E-state index in [1.54, 1.807) is 10.9 Å². The summed E-state index contributed by atoms with van der Waals surface area (Å²) in [7, 11) is 1.84. The number of pyridine rings is 1. The number of carbonyl (C=O) groups excluding carboxylic acids is 1. The van der Waals surface area contributed by atoms with E-state index in [4.69, 9.17) is 5.73 Å². The molecule has 1 saturated heterocycles. The van der Waals surface area contributed by atoms with Gasteiger partial charge in [0.1, 0.15) is 17.2 Å². The molecule has 3 N–H and O–H groups in total. The lowest BCUT2D eigenvalue weighted by Gasteiger charge is -2.24. The number of amides is 1. The zero-order valence-electron chi connectivity index (χ0n) is 13.6. The molecule has 1 amide bonds. The van der Waals surface area contributed by atoms with Gasteiger partial charge in [-0.3, -0.25) is 9.48 Å². The molecule has 1 aliphatic rings. The van der Waals surface area contributed by atoms with Gasteiger partial charge < -0.3 is 16.0 Å². The second-order valence-corrected chi connectivity index (χ2v) is 6.00. The lowest BCUT2D eigenvalue weighted by atomic mass is 10.1. The summed E-state index contributed by atoms with van der Waals surface area (Å²) >= 11 is 0. The Balaban J connectivity index is 1.79. The molecule has 0 aliphatic carbocycles. The van der Waals surface area contributed by atoms with Gasteiger partial charge in [0.2, 0.25) is 0 Å². The first-order valence-corrected chi connectivity index (χ1v) is 8.00. The molecule has 3 rings (SSSR count). The van der Waals surface area contributed by atoms with Crippen LogP contribution in [-0.2, 0) is 7.05 Å². The van der Waals surface area contributed by atoms with Gasteiger partial charge in [-0.05, 0) is 31.4 Å². The molecule has 3 heterocycles. The number of halogens is 1. The van der Waals surface area contributed by atoms with Crippen molar-refractivity contribution in [3.63, 3.8) is 0 Å². The predicted octanol–water partition coefficient (Wildman–Crippen LogP) is 1.52. The SMILES string of the molecule is Cn1ncc(NC(=O)c2ccc(F)cn2)c1N1CCCC(N)CC1. The summed E-state index contributed by atoms with van der Waals surface area (Å²) in [5.41, 5.74) is 6.81. The van der Waals surface area contributed by atoms with Crippen molar-refractivity contribution in [2.24, 2.45) is 12.8 Å². The van der Waals surface area contributed by atoms with Crippen molar-refractivity contribution in [2.45, 2.75) is 25.3 Å². The Morgan fingerprint density at radius 2 is 2.17 bits per heavy atom. The Bertz CT molecular complexity index is 714. The maximum absolute atomic E-state index is 12.9. The van der Waals surface area contributed by atoms with Gasteiger partial charge in [0.15, 0.2) is 5.82 Å². The van der Waals surface area contributed by atoms with Gasteiger partial charge in [-0.1, -0.05) is 0 Å². The Morgan fingerprint density at radius 1 is 1.33 bits per heavy atom. The third-order valence-corrected chi connectivity index (χ3v) is 4.19. The Hall–Kier alpha value is -2.48. The molecule has 1 unspecified atom stereocenters. The maximum atomic E-state index is 12.9. The fraction of sp³-hybridized carbons (Fsp3) is 0.438. The molecule has 1 fully saturated rings. The maximum Gasteiger partial charge on any atom is 0.274 e. The smallest absolute Gasteiger partial charge is 0.274 e. The third kappa shape index (κ3) is 3.53. The van der Waals surface area contributed by atoms with Crippen LogP contribution in [0.2, 0.25) is 0 Å². The van der Waals surface area contributed by atoms with Gasteiger partial charge in [0.25, 0.3) is 5.91 Å². The van der Waals surface area contributed by atoms with Crippen molar-refractivity contribution < 1.29 is 9.18 Å². The Labute approximate surface area is 139 Å². The number of nitrogens with zero attached hydrogens (tertiary/aromatic N) is 4. The van der Waals surface area contributed by atoms with E-state index in [2.05, 4.69) is 20.3 Å². The molecule has 1 aliphatic heterocycles. The molecular formula is C16H21FN6O. The number of nitrogens with one attached hydrogen (secondary N) is 1. The van der Waals surface area contributed by atoms with Crippen molar-refractivity contribution in [3.8, 4) is 0 Å². The van der Waals surface area contributed by atoms with Crippen LogP contribution in [0.1, 0.15) is 29.8 Å². The van der Waals surface area contributed by atoms with Gasteiger partial charge in [0.05, 0.1) is 12.4 Å². The molecule has 8 heteroatoms. The average molecular weight is 332 g/mol. The van der Waals surface area contributed by atoms with Gasteiger partial charge in [0, 0.05) is 26.2 Å². The van der Waals surface area contributed by atoms with Crippen LogP contribution in [-0.4, -0.2) is 39.8 Å². The highest BCUT2D eigenvalue weighted by atomic mass is 19.1. The summed E-state index contributed by atoms with van der Waals surface area (Å²) in [6.45, 7) is 1.68. The topological polar surface area (TPSA) is 89.1 Å². The van der Waals surface area contributed by atoms with E-state index in [9.17, 15) is 9.18 Å². The van der Waals surface area contributed by atoms with Crippen LogP contribution >= 0.6 is 0 Å².